The van der Waals surface area contributed by atoms with Crippen molar-refractivity contribution in [3.05, 3.63) is 0 Å². The largest absolute Gasteiger partial charge is 0.480 e. The lowest BCUT2D eigenvalue weighted by atomic mass is 9.77. The van der Waals surface area contributed by atoms with Gasteiger partial charge in [0.25, 0.3) is 0 Å². The minimum atomic E-state index is -1.65. The fraction of sp³-hybridized carbons (Fsp3) is 0.857. The van der Waals surface area contributed by atoms with Crippen molar-refractivity contribution in [2.75, 3.05) is 0 Å². The highest BCUT2D eigenvalue weighted by atomic mass is 16.4. The molecule has 0 fully saturated rings. The Morgan fingerprint density at radius 2 is 1.56 bits per heavy atom. The van der Waals surface area contributed by atoms with E-state index in [1.165, 1.54) is 6.92 Å². The Morgan fingerprint density at radius 1 is 1.00 bits per heavy atom. The Hall–Kier alpha value is -1.06. The van der Waals surface area contributed by atoms with E-state index in [9.17, 15) is 9.59 Å². The molecule has 0 aliphatic heterocycles. The normalized spacial score (nSPS) is 13.3. The Bertz CT molecular complexity index is 259. The van der Waals surface area contributed by atoms with Gasteiger partial charge in [-0.15, -0.1) is 0 Å². The first-order valence-corrected chi connectivity index (χ1v) is 6.85. The Kier molecular flexibility index (Phi) is 7.64. The van der Waals surface area contributed by atoms with Crippen molar-refractivity contribution in [2.24, 2.45) is 11.3 Å². The smallest absolute Gasteiger partial charge is 0.320 e. The Morgan fingerprint density at radius 3 is 1.94 bits per heavy atom. The molecule has 1 atom stereocenters. The first kappa shape index (κ1) is 16.9. The van der Waals surface area contributed by atoms with E-state index in [1.807, 2.05) is 6.92 Å². The number of hydrogen-bond acceptors (Lipinski definition) is 2. The van der Waals surface area contributed by atoms with Crippen molar-refractivity contribution in [3.63, 3.8) is 0 Å². The second-order valence-corrected chi connectivity index (χ2v) is 5.30. The number of carbonyl (C=O) groups is 2. The molecule has 0 rings (SSSR count). The molecule has 2 N–H and O–H groups in total. The van der Waals surface area contributed by atoms with Gasteiger partial charge in [0.1, 0.15) is 0 Å². The molecule has 0 bridgehead atoms. The third kappa shape index (κ3) is 5.07. The highest BCUT2D eigenvalue weighted by molar-refractivity contribution is 5.97. The summed E-state index contributed by atoms with van der Waals surface area (Å²) >= 11 is 0. The van der Waals surface area contributed by atoms with Crippen LogP contribution in [0.2, 0.25) is 0 Å². The topological polar surface area (TPSA) is 74.6 Å². The molecule has 0 aliphatic rings. The molecule has 0 aromatic heterocycles. The number of aliphatic carboxylic acids is 2. The lowest BCUT2D eigenvalue weighted by Crippen LogP contribution is -2.38. The second kappa shape index (κ2) is 8.11. The van der Waals surface area contributed by atoms with E-state index < -0.39 is 17.4 Å². The van der Waals surface area contributed by atoms with Crippen LogP contribution in [-0.2, 0) is 9.59 Å². The molecule has 0 aromatic rings. The van der Waals surface area contributed by atoms with E-state index >= 15 is 0 Å². The maximum atomic E-state index is 11.2. The van der Waals surface area contributed by atoms with E-state index in [0.717, 1.165) is 38.5 Å². The van der Waals surface area contributed by atoms with E-state index in [0.29, 0.717) is 0 Å². The molecule has 106 valence electrons. The zero-order chi connectivity index (χ0) is 14.2. The molecule has 0 aromatic carbocycles. The number of carboxylic acids is 2. The minimum absolute atomic E-state index is 0.193. The maximum Gasteiger partial charge on any atom is 0.320 e. The van der Waals surface area contributed by atoms with Crippen LogP contribution in [0.4, 0.5) is 0 Å². The molecule has 0 saturated heterocycles. The predicted octanol–water partition coefficient (Wildman–Crippen LogP) is 3.55. The molecule has 4 nitrogen and oxygen atoms in total. The average molecular weight is 258 g/mol. The van der Waals surface area contributed by atoms with Crippen LogP contribution < -0.4 is 0 Å². The summed E-state index contributed by atoms with van der Waals surface area (Å²) in [6, 6.07) is 0. The summed E-state index contributed by atoms with van der Waals surface area (Å²) in [7, 11) is 0. The standard InChI is InChI=1S/C14H26O4/c1-4-6-7-9-11(8-5-2)10-14(3,12(15)16)13(17)18/h11H,4-10H2,1-3H3,(H,15,16)(H,17,18). The predicted molar refractivity (Wildman–Crippen MR) is 70.5 cm³/mol. The molecule has 0 saturated carbocycles. The summed E-state index contributed by atoms with van der Waals surface area (Å²) < 4.78 is 0. The van der Waals surface area contributed by atoms with Crippen LogP contribution in [0.3, 0.4) is 0 Å². The van der Waals surface area contributed by atoms with Gasteiger partial charge in [-0.2, -0.15) is 0 Å². The molecule has 0 aliphatic carbocycles. The van der Waals surface area contributed by atoms with Crippen molar-refractivity contribution in [3.8, 4) is 0 Å². The van der Waals surface area contributed by atoms with E-state index in [4.69, 9.17) is 10.2 Å². The maximum absolute atomic E-state index is 11.2. The van der Waals surface area contributed by atoms with E-state index in [1.54, 1.807) is 0 Å². The number of carboxylic acid groups (broad SMARTS) is 2. The highest BCUT2D eigenvalue weighted by Crippen LogP contribution is 2.32. The minimum Gasteiger partial charge on any atom is -0.480 e. The molecule has 0 radical (unpaired) electrons. The van der Waals surface area contributed by atoms with Gasteiger partial charge in [0.05, 0.1) is 0 Å². The summed E-state index contributed by atoms with van der Waals surface area (Å²) in [5.41, 5.74) is -1.65. The monoisotopic (exact) mass is 258 g/mol. The quantitative estimate of drug-likeness (QED) is 0.464. The molecule has 4 heteroatoms. The van der Waals surface area contributed by atoms with Crippen molar-refractivity contribution in [1.82, 2.24) is 0 Å². The van der Waals surface area contributed by atoms with Crippen molar-refractivity contribution >= 4 is 11.9 Å². The Balaban J connectivity index is 4.61. The lowest BCUT2D eigenvalue weighted by molar-refractivity contribution is -0.164. The second-order valence-electron chi connectivity index (χ2n) is 5.30. The van der Waals surface area contributed by atoms with Gasteiger partial charge in [0.15, 0.2) is 5.41 Å². The van der Waals surface area contributed by atoms with Gasteiger partial charge in [0.2, 0.25) is 0 Å². The van der Waals surface area contributed by atoms with Crippen LogP contribution >= 0.6 is 0 Å². The van der Waals surface area contributed by atoms with Gasteiger partial charge in [0, 0.05) is 0 Å². The van der Waals surface area contributed by atoms with Crippen LogP contribution in [0.1, 0.15) is 65.7 Å². The van der Waals surface area contributed by atoms with Crippen LogP contribution in [-0.4, -0.2) is 22.2 Å². The van der Waals surface area contributed by atoms with Gasteiger partial charge in [-0.3, -0.25) is 9.59 Å². The van der Waals surface area contributed by atoms with Crippen LogP contribution in [0.5, 0.6) is 0 Å². The van der Waals surface area contributed by atoms with Crippen molar-refractivity contribution in [1.29, 1.82) is 0 Å². The van der Waals surface area contributed by atoms with Crippen molar-refractivity contribution in [2.45, 2.75) is 65.7 Å². The summed E-state index contributed by atoms with van der Waals surface area (Å²) in [5, 5.41) is 18.2. The molecule has 1 unspecified atom stereocenters. The SMILES string of the molecule is CCCCCC(CCC)CC(C)(C(=O)O)C(=O)O. The molecule has 18 heavy (non-hydrogen) atoms. The summed E-state index contributed by atoms with van der Waals surface area (Å²) in [6.45, 7) is 5.49. The third-order valence-corrected chi connectivity index (χ3v) is 3.55. The first-order valence-electron chi connectivity index (χ1n) is 6.85. The summed E-state index contributed by atoms with van der Waals surface area (Å²) in [4.78, 5) is 22.3. The van der Waals surface area contributed by atoms with E-state index in [2.05, 4.69) is 6.92 Å². The third-order valence-electron chi connectivity index (χ3n) is 3.55. The van der Waals surface area contributed by atoms with Crippen LogP contribution in [0.15, 0.2) is 0 Å². The van der Waals surface area contributed by atoms with Gasteiger partial charge in [-0.25, -0.2) is 0 Å². The fourth-order valence-corrected chi connectivity index (χ4v) is 2.28. The van der Waals surface area contributed by atoms with Gasteiger partial charge < -0.3 is 10.2 Å². The number of unbranched alkanes of at least 4 members (excludes halogenated alkanes) is 2. The average Bonchev–Trinajstić information content (AvgIpc) is 2.28. The van der Waals surface area contributed by atoms with E-state index in [-0.39, 0.29) is 12.3 Å². The van der Waals surface area contributed by atoms with Crippen molar-refractivity contribution < 1.29 is 19.8 Å². The molecular weight excluding hydrogens is 232 g/mol. The molecule has 0 heterocycles. The molecule has 0 spiro atoms. The summed E-state index contributed by atoms with van der Waals surface area (Å²) in [5.74, 6) is -2.27. The zero-order valence-electron chi connectivity index (χ0n) is 11.7. The highest BCUT2D eigenvalue weighted by Gasteiger charge is 2.42. The van der Waals surface area contributed by atoms with Crippen LogP contribution in [0.25, 0.3) is 0 Å². The fourth-order valence-electron chi connectivity index (χ4n) is 2.28. The first-order chi connectivity index (χ1) is 8.38. The van der Waals surface area contributed by atoms with Gasteiger partial charge in [-0.1, -0.05) is 52.4 Å². The summed E-state index contributed by atoms with van der Waals surface area (Å²) in [6.07, 6.45) is 6.32. The van der Waals surface area contributed by atoms with Gasteiger partial charge in [-0.05, 0) is 19.3 Å². The zero-order valence-corrected chi connectivity index (χ0v) is 11.7. The lowest BCUT2D eigenvalue weighted by Gasteiger charge is -2.25. The number of rotatable bonds is 10. The molecular formula is C14H26O4. The Labute approximate surface area is 109 Å². The van der Waals surface area contributed by atoms with Gasteiger partial charge >= 0.3 is 11.9 Å². The number of hydrogen-bond donors (Lipinski definition) is 2. The molecule has 0 amide bonds. The van der Waals surface area contributed by atoms with Crippen LogP contribution in [0, 0.1) is 11.3 Å².